The fourth-order valence-electron chi connectivity index (χ4n) is 1.74. The minimum atomic E-state index is -0.775. The fraction of sp³-hybridized carbons (Fsp3) is 0.250. The SMILES string of the molecule is O=C(O)CCc1cccc2c1CC=CN=N2. The summed E-state index contributed by atoms with van der Waals surface area (Å²) in [5, 5.41) is 16.6. The van der Waals surface area contributed by atoms with Gasteiger partial charge in [-0.15, -0.1) is 0 Å². The number of rotatable bonds is 3. The Morgan fingerprint density at radius 2 is 2.31 bits per heavy atom. The summed E-state index contributed by atoms with van der Waals surface area (Å²) in [6.45, 7) is 0. The molecule has 1 N–H and O–H groups in total. The molecule has 0 unspecified atom stereocenters. The van der Waals surface area contributed by atoms with Gasteiger partial charge in [0, 0.05) is 12.6 Å². The van der Waals surface area contributed by atoms with Crippen LogP contribution >= 0.6 is 0 Å². The lowest BCUT2D eigenvalue weighted by atomic mass is 9.99. The van der Waals surface area contributed by atoms with Crippen LogP contribution in [0.1, 0.15) is 17.5 Å². The lowest BCUT2D eigenvalue weighted by Crippen LogP contribution is -2.00. The summed E-state index contributed by atoms with van der Waals surface area (Å²) in [5.74, 6) is -0.775. The number of benzene rings is 1. The maximum absolute atomic E-state index is 10.6. The third kappa shape index (κ3) is 2.34. The van der Waals surface area contributed by atoms with E-state index in [-0.39, 0.29) is 6.42 Å². The van der Waals surface area contributed by atoms with Gasteiger partial charge < -0.3 is 5.11 Å². The second kappa shape index (κ2) is 4.70. The van der Waals surface area contributed by atoms with Crippen molar-refractivity contribution in [3.63, 3.8) is 0 Å². The zero-order valence-electron chi connectivity index (χ0n) is 8.76. The number of carbonyl (C=O) groups is 1. The van der Waals surface area contributed by atoms with Gasteiger partial charge in [-0.3, -0.25) is 4.79 Å². The van der Waals surface area contributed by atoms with Crippen molar-refractivity contribution >= 4 is 11.7 Å². The predicted octanol–water partition coefficient (Wildman–Crippen LogP) is 2.86. The summed E-state index contributed by atoms with van der Waals surface area (Å²) in [6.07, 6.45) is 5.05. The highest BCUT2D eigenvalue weighted by atomic mass is 16.4. The molecule has 0 amide bonds. The van der Waals surface area contributed by atoms with Crippen molar-refractivity contribution in [2.45, 2.75) is 19.3 Å². The van der Waals surface area contributed by atoms with Crippen LogP contribution in [0.5, 0.6) is 0 Å². The van der Waals surface area contributed by atoms with Crippen molar-refractivity contribution in [1.82, 2.24) is 0 Å². The van der Waals surface area contributed by atoms with E-state index in [1.165, 1.54) is 0 Å². The zero-order valence-corrected chi connectivity index (χ0v) is 8.76. The number of aliphatic carboxylic acids is 1. The average Bonchev–Trinajstić information content (AvgIpc) is 2.51. The number of aryl methyl sites for hydroxylation is 1. The van der Waals surface area contributed by atoms with Gasteiger partial charge >= 0.3 is 5.97 Å². The Morgan fingerprint density at radius 1 is 1.44 bits per heavy atom. The predicted molar refractivity (Wildman–Crippen MR) is 59.8 cm³/mol. The first kappa shape index (κ1) is 10.5. The Balaban J connectivity index is 2.29. The molecule has 1 aliphatic rings. The van der Waals surface area contributed by atoms with Crippen LogP contribution in [0, 0.1) is 0 Å². The van der Waals surface area contributed by atoms with Crippen LogP contribution in [-0.4, -0.2) is 11.1 Å². The number of carboxylic acid groups (broad SMARTS) is 1. The van der Waals surface area contributed by atoms with E-state index in [4.69, 9.17) is 5.11 Å². The molecule has 0 saturated carbocycles. The van der Waals surface area contributed by atoms with Crippen LogP contribution < -0.4 is 0 Å². The molecular weight excluding hydrogens is 204 g/mol. The molecule has 0 bridgehead atoms. The highest BCUT2D eigenvalue weighted by molar-refractivity contribution is 5.67. The monoisotopic (exact) mass is 216 g/mol. The van der Waals surface area contributed by atoms with E-state index in [9.17, 15) is 4.79 Å². The Hall–Kier alpha value is -1.97. The van der Waals surface area contributed by atoms with Gasteiger partial charge in [-0.1, -0.05) is 18.2 Å². The Morgan fingerprint density at radius 3 is 3.12 bits per heavy atom. The number of nitrogens with zero attached hydrogens (tertiary/aromatic N) is 2. The van der Waals surface area contributed by atoms with Crippen LogP contribution in [0.25, 0.3) is 0 Å². The van der Waals surface area contributed by atoms with E-state index in [0.717, 1.165) is 23.2 Å². The minimum absolute atomic E-state index is 0.150. The van der Waals surface area contributed by atoms with E-state index in [0.29, 0.717) is 6.42 Å². The molecule has 0 radical (unpaired) electrons. The maximum Gasteiger partial charge on any atom is 0.303 e. The van der Waals surface area contributed by atoms with E-state index < -0.39 is 5.97 Å². The summed E-state index contributed by atoms with van der Waals surface area (Å²) >= 11 is 0. The van der Waals surface area contributed by atoms with Crippen LogP contribution in [-0.2, 0) is 17.6 Å². The van der Waals surface area contributed by atoms with Crippen LogP contribution in [0.2, 0.25) is 0 Å². The number of hydrogen-bond donors (Lipinski definition) is 1. The summed E-state index contributed by atoms with van der Waals surface area (Å²) in [6, 6.07) is 5.74. The van der Waals surface area contributed by atoms with E-state index in [1.807, 2.05) is 24.3 Å². The van der Waals surface area contributed by atoms with Gasteiger partial charge in [0.05, 0.1) is 5.69 Å². The van der Waals surface area contributed by atoms with Crippen LogP contribution in [0.3, 0.4) is 0 Å². The molecule has 0 atom stereocenters. The molecule has 2 rings (SSSR count). The molecule has 4 heteroatoms. The summed E-state index contributed by atoms with van der Waals surface area (Å²) in [5.41, 5.74) is 2.97. The first-order valence-electron chi connectivity index (χ1n) is 5.16. The zero-order chi connectivity index (χ0) is 11.4. The smallest absolute Gasteiger partial charge is 0.303 e. The molecule has 0 saturated heterocycles. The van der Waals surface area contributed by atoms with E-state index in [2.05, 4.69) is 10.2 Å². The van der Waals surface area contributed by atoms with Gasteiger partial charge in [-0.05, 0) is 30.0 Å². The van der Waals surface area contributed by atoms with Gasteiger partial charge in [0.25, 0.3) is 0 Å². The number of hydrogen-bond acceptors (Lipinski definition) is 3. The molecule has 82 valence electrons. The lowest BCUT2D eigenvalue weighted by Gasteiger charge is -2.08. The second-order valence-corrected chi connectivity index (χ2v) is 3.61. The Bertz CT molecular complexity index is 464. The average molecular weight is 216 g/mol. The van der Waals surface area contributed by atoms with Gasteiger partial charge in [-0.25, -0.2) is 0 Å². The number of azo groups is 1. The first-order chi connectivity index (χ1) is 7.77. The normalized spacial score (nSPS) is 13.2. The summed E-state index contributed by atoms with van der Waals surface area (Å²) in [4.78, 5) is 10.6. The van der Waals surface area contributed by atoms with Crippen molar-refractivity contribution in [3.8, 4) is 0 Å². The Labute approximate surface area is 93.3 Å². The number of carboxylic acids is 1. The molecule has 0 aromatic heterocycles. The van der Waals surface area contributed by atoms with Gasteiger partial charge in [0.15, 0.2) is 0 Å². The molecule has 1 heterocycles. The Kier molecular flexibility index (Phi) is 3.10. The number of allylic oxidation sites excluding steroid dienone is 1. The van der Waals surface area contributed by atoms with Crippen LogP contribution in [0.15, 0.2) is 40.7 Å². The standard InChI is InChI=1S/C12H12N2O2/c15-12(16)7-6-9-3-1-5-11-10(9)4-2-8-13-14-11/h1-3,5,8H,4,6-7H2,(H,15,16). The highest BCUT2D eigenvalue weighted by Crippen LogP contribution is 2.26. The molecule has 0 aliphatic carbocycles. The molecule has 1 aliphatic heterocycles. The van der Waals surface area contributed by atoms with Crippen molar-refractivity contribution in [3.05, 3.63) is 41.6 Å². The minimum Gasteiger partial charge on any atom is -0.481 e. The summed E-state index contributed by atoms with van der Waals surface area (Å²) in [7, 11) is 0. The van der Waals surface area contributed by atoms with Crippen molar-refractivity contribution < 1.29 is 9.90 Å². The first-order valence-corrected chi connectivity index (χ1v) is 5.16. The molecular formula is C12H12N2O2. The van der Waals surface area contributed by atoms with Gasteiger partial charge in [0.2, 0.25) is 0 Å². The molecule has 1 aromatic carbocycles. The number of fused-ring (bicyclic) bond motifs is 1. The fourth-order valence-corrected chi connectivity index (χ4v) is 1.74. The molecule has 0 fully saturated rings. The molecule has 1 aromatic rings. The lowest BCUT2D eigenvalue weighted by molar-refractivity contribution is -0.136. The maximum atomic E-state index is 10.6. The topological polar surface area (TPSA) is 62.0 Å². The molecule has 4 nitrogen and oxygen atoms in total. The van der Waals surface area contributed by atoms with Gasteiger partial charge in [0.1, 0.15) is 0 Å². The second-order valence-electron chi connectivity index (χ2n) is 3.61. The third-order valence-electron chi connectivity index (χ3n) is 2.52. The third-order valence-corrected chi connectivity index (χ3v) is 2.52. The summed E-state index contributed by atoms with van der Waals surface area (Å²) < 4.78 is 0. The molecule has 0 spiro atoms. The van der Waals surface area contributed by atoms with Crippen molar-refractivity contribution in [2.24, 2.45) is 10.2 Å². The van der Waals surface area contributed by atoms with E-state index >= 15 is 0 Å². The van der Waals surface area contributed by atoms with E-state index in [1.54, 1.807) is 6.20 Å². The van der Waals surface area contributed by atoms with Crippen molar-refractivity contribution in [2.75, 3.05) is 0 Å². The largest absolute Gasteiger partial charge is 0.481 e. The van der Waals surface area contributed by atoms with Crippen molar-refractivity contribution in [1.29, 1.82) is 0 Å². The highest BCUT2D eigenvalue weighted by Gasteiger charge is 2.09. The van der Waals surface area contributed by atoms with Crippen LogP contribution in [0.4, 0.5) is 5.69 Å². The molecule has 16 heavy (non-hydrogen) atoms. The van der Waals surface area contributed by atoms with Gasteiger partial charge in [-0.2, -0.15) is 10.2 Å². The quantitative estimate of drug-likeness (QED) is 0.844.